The van der Waals surface area contributed by atoms with Gasteiger partial charge in [0, 0.05) is 4.43 Å². The Hall–Kier alpha value is -0.850. The van der Waals surface area contributed by atoms with Crippen molar-refractivity contribution in [2.75, 3.05) is 17.6 Å². The van der Waals surface area contributed by atoms with Gasteiger partial charge in [0.2, 0.25) is 0 Å². The highest BCUT2D eigenvalue weighted by atomic mass is 127. The van der Waals surface area contributed by atoms with Gasteiger partial charge in [0.05, 0.1) is 13.2 Å². The van der Waals surface area contributed by atoms with E-state index in [4.69, 9.17) is 9.47 Å². The van der Waals surface area contributed by atoms with E-state index in [1.165, 1.54) is 0 Å². The Morgan fingerprint density at radius 3 is 2.00 bits per heavy atom. The van der Waals surface area contributed by atoms with Gasteiger partial charge in [-0.25, -0.2) is 0 Å². The number of hydrogen-bond donors (Lipinski definition) is 0. The third-order valence-corrected chi connectivity index (χ3v) is 2.93. The molecule has 0 aromatic heterocycles. The zero-order chi connectivity index (χ0) is 14.7. The first-order chi connectivity index (χ1) is 9.08. The molecule has 0 fully saturated rings. The van der Waals surface area contributed by atoms with E-state index >= 15 is 0 Å². The molecule has 0 aliphatic heterocycles. The molecule has 108 valence electrons. The highest BCUT2D eigenvalue weighted by Crippen LogP contribution is 2.29. The van der Waals surface area contributed by atoms with Gasteiger partial charge in [0.1, 0.15) is 0 Å². The summed E-state index contributed by atoms with van der Waals surface area (Å²) in [6.45, 7) is 5.64. The van der Waals surface area contributed by atoms with E-state index in [9.17, 15) is 9.59 Å². The molecule has 0 rings (SSSR count). The van der Waals surface area contributed by atoms with Crippen LogP contribution >= 0.6 is 22.6 Å². The highest BCUT2D eigenvalue weighted by molar-refractivity contribution is 14.1. The fourth-order valence-electron chi connectivity index (χ4n) is 1.59. The smallest absolute Gasteiger partial charge is 0.327 e. The van der Waals surface area contributed by atoms with Gasteiger partial charge >= 0.3 is 11.9 Å². The molecular formula is C14H21IO4. The fourth-order valence-corrected chi connectivity index (χ4v) is 1.95. The van der Waals surface area contributed by atoms with Gasteiger partial charge in [0.15, 0.2) is 5.41 Å². The van der Waals surface area contributed by atoms with E-state index in [-0.39, 0.29) is 19.6 Å². The van der Waals surface area contributed by atoms with Crippen LogP contribution in [0.25, 0.3) is 0 Å². The Balaban J connectivity index is 5.38. The number of rotatable bonds is 8. The number of carbonyl (C=O) groups excluding carboxylic acids is 2. The lowest BCUT2D eigenvalue weighted by molar-refractivity contribution is -0.167. The molecule has 0 radical (unpaired) electrons. The molecule has 0 aromatic carbocycles. The summed E-state index contributed by atoms with van der Waals surface area (Å²) in [5, 5.41) is 0. The molecule has 5 heteroatoms. The third-order valence-electron chi connectivity index (χ3n) is 2.43. The van der Waals surface area contributed by atoms with Crippen molar-refractivity contribution in [3.63, 3.8) is 0 Å². The van der Waals surface area contributed by atoms with Gasteiger partial charge in [-0.05, 0) is 27.2 Å². The van der Waals surface area contributed by atoms with Crippen molar-refractivity contribution >= 4 is 34.5 Å². The largest absolute Gasteiger partial charge is 0.465 e. The lowest BCUT2D eigenvalue weighted by Crippen LogP contribution is -2.40. The molecule has 0 N–H and O–H groups in total. The molecule has 0 aromatic rings. The number of halogens is 1. The van der Waals surface area contributed by atoms with Crippen LogP contribution in [-0.4, -0.2) is 29.6 Å². The molecule has 0 aliphatic carbocycles. The van der Waals surface area contributed by atoms with Gasteiger partial charge in [-0.15, -0.1) is 0 Å². The van der Waals surface area contributed by atoms with Gasteiger partial charge in [-0.2, -0.15) is 0 Å². The van der Waals surface area contributed by atoms with Crippen LogP contribution in [0.3, 0.4) is 0 Å². The molecule has 0 aliphatic rings. The Morgan fingerprint density at radius 1 is 1.11 bits per heavy atom. The molecule has 19 heavy (non-hydrogen) atoms. The van der Waals surface area contributed by atoms with Gasteiger partial charge < -0.3 is 9.47 Å². The Morgan fingerprint density at radius 2 is 1.63 bits per heavy atom. The molecule has 0 amide bonds. The van der Waals surface area contributed by atoms with Crippen LogP contribution < -0.4 is 0 Å². The normalized spacial score (nSPS) is 12.0. The number of ether oxygens (including phenoxy) is 2. The molecule has 0 saturated heterocycles. The monoisotopic (exact) mass is 380 g/mol. The fraction of sp³-hybridized carbons (Fsp3) is 0.571. The van der Waals surface area contributed by atoms with Crippen LogP contribution in [0, 0.1) is 5.41 Å². The van der Waals surface area contributed by atoms with Crippen LogP contribution in [0.15, 0.2) is 24.3 Å². The van der Waals surface area contributed by atoms with E-state index in [1.807, 2.05) is 6.08 Å². The molecule has 0 saturated carbocycles. The van der Waals surface area contributed by atoms with E-state index in [0.717, 1.165) is 4.43 Å². The standard InChI is InChI=1S/C14H21IO4/c1-4-9-14(10-7-8-11-15,12(16)18-5-2)13(17)19-6-3/h4,7-9H,5-6,10-11H2,1-3H3. The van der Waals surface area contributed by atoms with Crippen molar-refractivity contribution in [3.8, 4) is 0 Å². The zero-order valence-corrected chi connectivity index (χ0v) is 13.8. The van der Waals surface area contributed by atoms with E-state index in [1.54, 1.807) is 39.0 Å². The third kappa shape index (κ3) is 5.34. The SMILES string of the molecule is CC=CC(CC=CCI)(C(=O)OCC)C(=O)OCC. The summed E-state index contributed by atoms with van der Waals surface area (Å²) in [6, 6.07) is 0. The lowest BCUT2D eigenvalue weighted by Gasteiger charge is -2.24. The summed E-state index contributed by atoms with van der Waals surface area (Å²) >= 11 is 2.19. The van der Waals surface area contributed by atoms with Crippen molar-refractivity contribution in [2.24, 2.45) is 5.41 Å². The maximum Gasteiger partial charge on any atom is 0.327 e. The van der Waals surface area contributed by atoms with Crippen LogP contribution in [0.5, 0.6) is 0 Å². The number of carbonyl (C=O) groups is 2. The van der Waals surface area contributed by atoms with Crippen molar-refractivity contribution in [1.29, 1.82) is 0 Å². The molecular weight excluding hydrogens is 359 g/mol. The van der Waals surface area contributed by atoms with E-state index in [2.05, 4.69) is 22.6 Å². The molecule has 0 atom stereocenters. The topological polar surface area (TPSA) is 52.6 Å². The minimum absolute atomic E-state index is 0.230. The Bertz CT molecular complexity index is 329. The van der Waals surface area contributed by atoms with E-state index in [0.29, 0.717) is 0 Å². The predicted octanol–water partition coefficient (Wildman–Crippen LogP) is 3.06. The molecule has 0 bridgehead atoms. The van der Waals surface area contributed by atoms with Crippen molar-refractivity contribution in [2.45, 2.75) is 27.2 Å². The zero-order valence-electron chi connectivity index (χ0n) is 11.6. The minimum atomic E-state index is -1.37. The maximum absolute atomic E-state index is 12.2. The minimum Gasteiger partial charge on any atom is -0.465 e. The Labute approximate surface area is 128 Å². The van der Waals surface area contributed by atoms with Crippen molar-refractivity contribution in [1.82, 2.24) is 0 Å². The average Bonchev–Trinajstić information content (AvgIpc) is 2.38. The van der Waals surface area contributed by atoms with Crippen LogP contribution in [0.2, 0.25) is 0 Å². The number of alkyl halides is 1. The van der Waals surface area contributed by atoms with Crippen LogP contribution in [-0.2, 0) is 19.1 Å². The molecule has 0 spiro atoms. The second-order valence-electron chi connectivity index (χ2n) is 3.74. The molecule has 0 unspecified atom stereocenters. The first-order valence-corrected chi connectivity index (χ1v) is 7.80. The summed E-state index contributed by atoms with van der Waals surface area (Å²) in [5.41, 5.74) is -1.37. The van der Waals surface area contributed by atoms with E-state index < -0.39 is 17.4 Å². The van der Waals surface area contributed by atoms with Gasteiger partial charge in [-0.3, -0.25) is 9.59 Å². The number of allylic oxidation sites excluding steroid dienone is 3. The maximum atomic E-state index is 12.2. The predicted molar refractivity (Wildman–Crippen MR) is 83.2 cm³/mol. The molecule has 4 nitrogen and oxygen atoms in total. The van der Waals surface area contributed by atoms with Crippen molar-refractivity contribution < 1.29 is 19.1 Å². The quantitative estimate of drug-likeness (QED) is 0.214. The van der Waals surface area contributed by atoms with Crippen LogP contribution in [0.1, 0.15) is 27.2 Å². The van der Waals surface area contributed by atoms with Gasteiger partial charge in [-0.1, -0.05) is 46.9 Å². The number of hydrogen-bond acceptors (Lipinski definition) is 4. The highest BCUT2D eigenvalue weighted by Gasteiger charge is 2.45. The van der Waals surface area contributed by atoms with Crippen molar-refractivity contribution in [3.05, 3.63) is 24.3 Å². The summed E-state index contributed by atoms with van der Waals surface area (Å²) < 4.78 is 10.9. The summed E-state index contributed by atoms with van der Waals surface area (Å²) in [5.74, 6) is -1.13. The summed E-state index contributed by atoms with van der Waals surface area (Å²) in [6.07, 6.45) is 7.18. The lowest BCUT2D eigenvalue weighted by atomic mass is 9.83. The molecule has 0 heterocycles. The van der Waals surface area contributed by atoms with Gasteiger partial charge in [0.25, 0.3) is 0 Å². The number of esters is 2. The summed E-state index contributed by atoms with van der Waals surface area (Å²) in [4.78, 5) is 24.3. The Kier molecular flexibility index (Phi) is 9.55. The first kappa shape index (κ1) is 18.1. The average molecular weight is 380 g/mol. The second kappa shape index (κ2) is 10.00. The second-order valence-corrected chi connectivity index (χ2v) is 4.62. The van der Waals surface area contributed by atoms with Crippen LogP contribution in [0.4, 0.5) is 0 Å². The first-order valence-electron chi connectivity index (χ1n) is 6.28. The summed E-state index contributed by atoms with van der Waals surface area (Å²) in [7, 11) is 0.